The molecule has 2 rings (SSSR count). The molecule has 9 nitrogen and oxygen atoms in total. The fraction of sp³-hybridized carbons (Fsp3) is 0.500. The first kappa shape index (κ1) is 17.4. The number of aliphatic hydroxyl groups is 4. The van der Waals surface area contributed by atoms with Gasteiger partial charge in [0.25, 0.3) is 0 Å². The molecule has 1 heterocycles. The van der Waals surface area contributed by atoms with E-state index in [-0.39, 0.29) is 11.1 Å². The van der Waals surface area contributed by atoms with Crippen molar-refractivity contribution in [3.63, 3.8) is 0 Å². The van der Waals surface area contributed by atoms with E-state index in [0.717, 1.165) is 6.07 Å². The van der Waals surface area contributed by atoms with E-state index in [0.29, 0.717) is 0 Å². The second kappa shape index (κ2) is 6.30. The number of aromatic hydroxyl groups is 2. The number of carboxylic acid groups (broad SMARTS) is 1. The van der Waals surface area contributed by atoms with Crippen LogP contribution in [0.1, 0.15) is 27.6 Å². The van der Waals surface area contributed by atoms with E-state index in [9.17, 15) is 40.5 Å². The Kier molecular flexibility index (Phi) is 4.78. The Hall–Kier alpha value is -1.91. The van der Waals surface area contributed by atoms with Gasteiger partial charge >= 0.3 is 5.97 Å². The van der Waals surface area contributed by atoms with Crippen molar-refractivity contribution in [1.82, 2.24) is 0 Å². The normalized spacial score (nSPS) is 31.1. The summed E-state index contributed by atoms with van der Waals surface area (Å²) in [7, 11) is 0. The number of hydrogen-bond donors (Lipinski definition) is 7. The van der Waals surface area contributed by atoms with Gasteiger partial charge in [-0.15, -0.1) is 0 Å². The van der Waals surface area contributed by atoms with E-state index >= 15 is 0 Å². The summed E-state index contributed by atoms with van der Waals surface area (Å²) in [6.45, 7) is 0.630. The van der Waals surface area contributed by atoms with Crippen LogP contribution in [-0.2, 0) is 4.74 Å². The van der Waals surface area contributed by atoms with Gasteiger partial charge in [-0.2, -0.15) is 0 Å². The molecule has 1 fully saturated rings. The molecule has 9 heteroatoms. The van der Waals surface area contributed by atoms with Crippen molar-refractivity contribution < 1.29 is 45.3 Å². The molecule has 5 atom stereocenters. The molecule has 1 aromatic rings. The lowest BCUT2D eigenvalue weighted by molar-refractivity contribution is -0.232. The zero-order valence-electron chi connectivity index (χ0n) is 12.1. The van der Waals surface area contributed by atoms with Crippen LogP contribution < -0.4 is 0 Å². The molecule has 1 saturated heterocycles. The van der Waals surface area contributed by atoms with Gasteiger partial charge in [0.1, 0.15) is 42.0 Å². The zero-order valence-corrected chi connectivity index (χ0v) is 12.1. The van der Waals surface area contributed by atoms with Crippen molar-refractivity contribution in [2.45, 2.75) is 37.4 Å². The lowest BCUT2D eigenvalue weighted by Crippen LogP contribution is -2.55. The standard InChI is InChI=1S/C14H18O9/c1-4-6(16)2-5(14(21)22)8(9(4)17)13-12(20)11(19)10(18)7(3-15)23-13/h2,7,10-13,15-20H,3H2,1H3,(H,21,22). The summed E-state index contributed by atoms with van der Waals surface area (Å²) in [6.07, 6.45) is -7.86. The number of phenolic OH excluding ortho intramolecular Hbond substituents is 2. The van der Waals surface area contributed by atoms with Gasteiger partial charge in [-0.1, -0.05) is 0 Å². The number of aliphatic hydroxyl groups excluding tert-OH is 4. The second-order valence-electron chi connectivity index (χ2n) is 5.39. The maximum absolute atomic E-state index is 11.4. The minimum absolute atomic E-state index is 0.0399. The fourth-order valence-electron chi connectivity index (χ4n) is 2.58. The SMILES string of the molecule is Cc1c(O)cc(C(=O)O)c(C2OC(CO)C(O)C(O)C2O)c1O. The Morgan fingerprint density at radius 3 is 2.30 bits per heavy atom. The number of hydrogen-bond acceptors (Lipinski definition) is 8. The van der Waals surface area contributed by atoms with E-state index < -0.39 is 60.2 Å². The minimum atomic E-state index is -1.75. The number of benzene rings is 1. The number of ether oxygens (including phenoxy) is 1. The van der Waals surface area contributed by atoms with Gasteiger partial charge in [0.05, 0.1) is 12.2 Å². The molecule has 0 radical (unpaired) electrons. The lowest BCUT2D eigenvalue weighted by atomic mass is 9.87. The lowest BCUT2D eigenvalue weighted by Gasteiger charge is -2.40. The topological polar surface area (TPSA) is 168 Å². The average molecular weight is 330 g/mol. The van der Waals surface area contributed by atoms with E-state index in [2.05, 4.69) is 0 Å². The van der Waals surface area contributed by atoms with Crippen molar-refractivity contribution in [2.24, 2.45) is 0 Å². The Balaban J connectivity index is 2.60. The van der Waals surface area contributed by atoms with Crippen molar-refractivity contribution in [3.8, 4) is 11.5 Å². The van der Waals surface area contributed by atoms with Gasteiger partial charge in [-0.05, 0) is 13.0 Å². The highest BCUT2D eigenvalue weighted by Crippen LogP contribution is 2.42. The van der Waals surface area contributed by atoms with Crippen LogP contribution in [0.5, 0.6) is 11.5 Å². The largest absolute Gasteiger partial charge is 0.508 e. The molecule has 0 aliphatic carbocycles. The van der Waals surface area contributed by atoms with Gasteiger partial charge in [0.15, 0.2) is 0 Å². The Morgan fingerprint density at radius 2 is 1.78 bits per heavy atom. The van der Waals surface area contributed by atoms with Crippen molar-refractivity contribution in [2.75, 3.05) is 6.61 Å². The Labute approximate surface area is 130 Å². The van der Waals surface area contributed by atoms with Crippen LogP contribution in [0.3, 0.4) is 0 Å². The van der Waals surface area contributed by atoms with Gasteiger partial charge < -0.3 is 40.5 Å². The Bertz CT molecular complexity index is 613. The van der Waals surface area contributed by atoms with Crippen molar-refractivity contribution >= 4 is 5.97 Å². The summed E-state index contributed by atoms with van der Waals surface area (Å²) in [6, 6.07) is 0.883. The minimum Gasteiger partial charge on any atom is -0.508 e. The zero-order chi connectivity index (χ0) is 17.5. The predicted octanol–water partition coefficient (Wildman–Crippen LogP) is -1.38. The number of carbonyl (C=O) groups is 1. The van der Waals surface area contributed by atoms with E-state index in [1.807, 2.05) is 0 Å². The first-order valence-corrected chi connectivity index (χ1v) is 6.79. The molecule has 128 valence electrons. The van der Waals surface area contributed by atoms with Crippen LogP contribution in [-0.4, -0.2) is 72.7 Å². The molecule has 0 bridgehead atoms. The van der Waals surface area contributed by atoms with E-state index in [1.54, 1.807) is 0 Å². The maximum Gasteiger partial charge on any atom is 0.336 e. The molecule has 0 aromatic heterocycles. The smallest absolute Gasteiger partial charge is 0.336 e. The summed E-state index contributed by atoms with van der Waals surface area (Å²) in [5.74, 6) is -2.58. The molecule has 1 aliphatic heterocycles. The molecule has 0 saturated carbocycles. The quantitative estimate of drug-likeness (QED) is 0.353. The summed E-state index contributed by atoms with van der Waals surface area (Å²) < 4.78 is 5.27. The molecular weight excluding hydrogens is 312 g/mol. The first-order valence-electron chi connectivity index (χ1n) is 6.79. The molecule has 0 amide bonds. The Morgan fingerprint density at radius 1 is 1.17 bits per heavy atom. The van der Waals surface area contributed by atoms with Crippen LogP contribution >= 0.6 is 0 Å². The van der Waals surface area contributed by atoms with Crippen LogP contribution in [0.2, 0.25) is 0 Å². The maximum atomic E-state index is 11.4. The molecule has 23 heavy (non-hydrogen) atoms. The molecule has 5 unspecified atom stereocenters. The summed E-state index contributed by atoms with van der Waals surface area (Å²) in [4.78, 5) is 11.4. The average Bonchev–Trinajstić information content (AvgIpc) is 2.51. The van der Waals surface area contributed by atoms with Crippen LogP contribution in [0.15, 0.2) is 6.07 Å². The van der Waals surface area contributed by atoms with Gasteiger partial charge in [-0.3, -0.25) is 0 Å². The third-order valence-electron chi connectivity index (χ3n) is 3.97. The molecular formula is C14H18O9. The summed E-state index contributed by atoms with van der Waals surface area (Å²) in [5, 5.41) is 67.9. The number of carboxylic acids is 1. The van der Waals surface area contributed by atoms with Gasteiger partial charge in [0, 0.05) is 11.1 Å². The highest BCUT2D eigenvalue weighted by molar-refractivity contribution is 5.91. The van der Waals surface area contributed by atoms with E-state index in [4.69, 9.17) is 4.74 Å². The van der Waals surface area contributed by atoms with Crippen LogP contribution in [0.25, 0.3) is 0 Å². The fourth-order valence-corrected chi connectivity index (χ4v) is 2.58. The highest BCUT2D eigenvalue weighted by Gasteiger charge is 2.46. The summed E-state index contributed by atoms with van der Waals surface area (Å²) in [5.41, 5.74) is -0.929. The number of aromatic carboxylic acids is 1. The number of phenols is 2. The number of rotatable bonds is 3. The third-order valence-corrected chi connectivity index (χ3v) is 3.97. The van der Waals surface area contributed by atoms with Crippen molar-refractivity contribution in [1.29, 1.82) is 0 Å². The highest BCUT2D eigenvalue weighted by atomic mass is 16.5. The molecule has 1 aliphatic rings. The third kappa shape index (κ3) is 2.84. The van der Waals surface area contributed by atoms with Crippen molar-refractivity contribution in [3.05, 3.63) is 22.8 Å². The van der Waals surface area contributed by atoms with Gasteiger partial charge in [-0.25, -0.2) is 4.79 Å². The molecule has 0 spiro atoms. The molecule has 1 aromatic carbocycles. The van der Waals surface area contributed by atoms with E-state index in [1.165, 1.54) is 6.92 Å². The van der Waals surface area contributed by atoms with Crippen LogP contribution in [0.4, 0.5) is 0 Å². The second-order valence-corrected chi connectivity index (χ2v) is 5.39. The van der Waals surface area contributed by atoms with Crippen LogP contribution in [0, 0.1) is 6.92 Å². The molecule has 7 N–H and O–H groups in total. The predicted molar refractivity (Wildman–Crippen MR) is 74.2 cm³/mol. The monoisotopic (exact) mass is 330 g/mol. The van der Waals surface area contributed by atoms with Gasteiger partial charge in [0.2, 0.25) is 0 Å². The summed E-state index contributed by atoms with van der Waals surface area (Å²) >= 11 is 0. The first-order chi connectivity index (χ1) is 10.7.